The fourth-order valence-corrected chi connectivity index (χ4v) is 3.43. The monoisotopic (exact) mass is 423 g/mol. The molecule has 0 spiro atoms. The van der Waals surface area contributed by atoms with Crippen LogP contribution in [0.5, 0.6) is 11.5 Å². The summed E-state index contributed by atoms with van der Waals surface area (Å²) in [6, 6.07) is 18.8. The van der Waals surface area contributed by atoms with Gasteiger partial charge in [0.05, 0.1) is 29.7 Å². The summed E-state index contributed by atoms with van der Waals surface area (Å²) in [5.74, 6) is 0.692. The molecule has 0 saturated carbocycles. The summed E-state index contributed by atoms with van der Waals surface area (Å²) in [6.45, 7) is 4.79. The van der Waals surface area contributed by atoms with Gasteiger partial charge >= 0.3 is 5.97 Å². The molecule has 0 saturated heterocycles. The van der Waals surface area contributed by atoms with E-state index in [-0.39, 0.29) is 0 Å². The van der Waals surface area contributed by atoms with Crippen molar-refractivity contribution >= 4 is 35.0 Å². The number of anilines is 3. The van der Waals surface area contributed by atoms with Gasteiger partial charge in [-0.2, -0.15) is 0 Å². The molecule has 4 N–H and O–H groups in total. The van der Waals surface area contributed by atoms with E-state index in [4.69, 9.17) is 15.2 Å². The summed E-state index contributed by atoms with van der Waals surface area (Å²) in [5, 5.41) is 3.19. The average molecular weight is 424 g/mol. The molecule has 0 bridgehead atoms. The largest absolute Gasteiger partial charge is 0.465 e. The summed E-state index contributed by atoms with van der Waals surface area (Å²) in [7, 11) is 1.36. The number of nitrogen functional groups attached to an aromatic ring is 1. The first-order chi connectivity index (χ1) is 14.5. The fourth-order valence-electron chi connectivity index (χ4n) is 2.75. The number of nitrogens with one attached hydrogen (secondary N) is 2. The predicted octanol–water partition coefficient (Wildman–Crippen LogP) is 5.71. The molecule has 0 atom stereocenters. The van der Waals surface area contributed by atoms with Crippen molar-refractivity contribution in [1.29, 1.82) is 0 Å². The molecule has 0 amide bonds. The van der Waals surface area contributed by atoms with Crippen molar-refractivity contribution in [1.82, 2.24) is 0 Å². The van der Waals surface area contributed by atoms with Gasteiger partial charge in [0, 0.05) is 17.5 Å². The second-order valence-corrected chi connectivity index (χ2v) is 7.48. The van der Waals surface area contributed by atoms with Crippen molar-refractivity contribution in [2.45, 2.75) is 18.7 Å². The Morgan fingerprint density at radius 2 is 1.70 bits per heavy atom. The number of nitrogens with two attached hydrogens (primary N) is 1. The van der Waals surface area contributed by atoms with Gasteiger partial charge in [0.1, 0.15) is 11.5 Å². The third-order valence-corrected chi connectivity index (χ3v) is 5.15. The van der Waals surface area contributed by atoms with Crippen molar-refractivity contribution in [3.63, 3.8) is 0 Å². The molecule has 0 aliphatic rings. The van der Waals surface area contributed by atoms with Crippen LogP contribution in [0.15, 0.2) is 65.6 Å². The van der Waals surface area contributed by atoms with Gasteiger partial charge in [0.2, 0.25) is 0 Å². The van der Waals surface area contributed by atoms with E-state index in [1.165, 1.54) is 24.6 Å². The number of hydrogen-bond donors (Lipinski definition) is 3. The molecule has 0 aromatic heterocycles. The molecule has 0 heterocycles. The lowest BCUT2D eigenvalue weighted by atomic mass is 10.1. The van der Waals surface area contributed by atoms with Gasteiger partial charge < -0.3 is 25.2 Å². The number of esters is 1. The first kappa shape index (κ1) is 21.4. The highest BCUT2D eigenvalue weighted by Gasteiger charge is 2.14. The van der Waals surface area contributed by atoms with Gasteiger partial charge in [-0.3, -0.25) is 0 Å². The molecule has 0 aliphatic heterocycles. The van der Waals surface area contributed by atoms with E-state index in [0.29, 0.717) is 28.4 Å². The molecule has 0 aliphatic carbocycles. The van der Waals surface area contributed by atoms with Crippen LogP contribution in [0.25, 0.3) is 0 Å². The predicted molar refractivity (Wildman–Crippen MR) is 124 cm³/mol. The van der Waals surface area contributed by atoms with Gasteiger partial charge in [0.25, 0.3) is 0 Å². The maximum absolute atomic E-state index is 12.3. The van der Waals surface area contributed by atoms with Gasteiger partial charge in [-0.1, -0.05) is 17.7 Å². The smallest absolute Gasteiger partial charge is 0.340 e. The number of hydrogen-bond acceptors (Lipinski definition) is 7. The van der Waals surface area contributed by atoms with Crippen LogP contribution in [0.1, 0.15) is 22.8 Å². The van der Waals surface area contributed by atoms with E-state index < -0.39 is 5.97 Å². The van der Waals surface area contributed by atoms with Crippen LogP contribution < -0.4 is 20.5 Å². The Hall–Kier alpha value is -3.32. The number of benzene rings is 3. The number of aryl methyl sites for hydroxylation is 1. The van der Waals surface area contributed by atoms with Crippen molar-refractivity contribution < 1.29 is 14.3 Å². The molecule has 0 fully saturated rings. The second-order valence-electron chi connectivity index (χ2n) is 6.60. The first-order valence-electron chi connectivity index (χ1n) is 9.53. The molecule has 3 aromatic carbocycles. The van der Waals surface area contributed by atoms with Gasteiger partial charge in [-0.25, -0.2) is 4.79 Å². The molecule has 3 rings (SSSR count). The van der Waals surface area contributed by atoms with E-state index in [2.05, 4.69) is 10.0 Å². The molecular weight excluding hydrogens is 398 g/mol. The van der Waals surface area contributed by atoms with Crippen LogP contribution in [0.2, 0.25) is 0 Å². The van der Waals surface area contributed by atoms with Crippen LogP contribution in [0.3, 0.4) is 0 Å². The van der Waals surface area contributed by atoms with E-state index in [0.717, 1.165) is 17.1 Å². The summed E-state index contributed by atoms with van der Waals surface area (Å²) in [4.78, 5) is 13.4. The van der Waals surface area contributed by atoms with Crippen molar-refractivity contribution in [2.75, 3.05) is 29.4 Å². The zero-order valence-electron chi connectivity index (χ0n) is 17.2. The topological polar surface area (TPSA) is 85.6 Å². The normalized spacial score (nSPS) is 10.4. The van der Waals surface area contributed by atoms with Crippen LogP contribution in [-0.2, 0) is 4.74 Å². The SMILES string of the molecule is CCNc1cc(Oc2ccc(NSc3ccc(C)cc3)c(C(=O)OC)c2)ccc1N. The molecule has 6 nitrogen and oxygen atoms in total. The first-order valence-corrected chi connectivity index (χ1v) is 10.3. The summed E-state index contributed by atoms with van der Waals surface area (Å²) in [5.41, 5.74) is 9.64. The highest BCUT2D eigenvalue weighted by Crippen LogP contribution is 2.32. The molecule has 30 heavy (non-hydrogen) atoms. The zero-order valence-corrected chi connectivity index (χ0v) is 18.0. The number of rotatable bonds is 8. The van der Waals surface area contributed by atoms with E-state index in [1.807, 2.05) is 44.2 Å². The quantitative estimate of drug-likeness (QED) is 0.243. The Bertz CT molecular complexity index is 1020. The lowest BCUT2D eigenvalue weighted by Crippen LogP contribution is -2.05. The summed E-state index contributed by atoms with van der Waals surface area (Å²) >= 11 is 1.42. The highest BCUT2D eigenvalue weighted by atomic mass is 32.2. The lowest BCUT2D eigenvalue weighted by molar-refractivity contribution is 0.0601. The minimum atomic E-state index is -0.446. The fraction of sp³-hybridized carbons (Fsp3) is 0.174. The van der Waals surface area contributed by atoms with Crippen molar-refractivity contribution in [3.05, 3.63) is 71.8 Å². The third-order valence-electron chi connectivity index (χ3n) is 4.32. The van der Waals surface area contributed by atoms with Gasteiger partial charge in [0.15, 0.2) is 0 Å². The Balaban J connectivity index is 1.81. The van der Waals surface area contributed by atoms with Crippen LogP contribution in [0.4, 0.5) is 17.1 Å². The van der Waals surface area contributed by atoms with Crippen LogP contribution in [-0.4, -0.2) is 19.6 Å². The molecule has 0 unspecified atom stereocenters. The summed E-state index contributed by atoms with van der Waals surface area (Å²) in [6.07, 6.45) is 0. The molecule has 0 radical (unpaired) electrons. The second kappa shape index (κ2) is 9.93. The number of ether oxygens (including phenoxy) is 2. The number of methoxy groups -OCH3 is 1. The Kier molecular flexibility index (Phi) is 7.08. The van der Waals surface area contributed by atoms with Crippen molar-refractivity contribution in [2.24, 2.45) is 0 Å². The van der Waals surface area contributed by atoms with E-state index in [9.17, 15) is 4.79 Å². The molecule has 7 heteroatoms. The van der Waals surface area contributed by atoms with Gasteiger partial charge in [-0.05, 0) is 68.3 Å². The van der Waals surface area contributed by atoms with E-state index >= 15 is 0 Å². The van der Waals surface area contributed by atoms with Crippen LogP contribution >= 0.6 is 11.9 Å². The minimum Gasteiger partial charge on any atom is -0.465 e. The molecular formula is C23H25N3O3S. The minimum absolute atomic E-state index is 0.386. The summed E-state index contributed by atoms with van der Waals surface area (Å²) < 4.78 is 14.1. The molecule has 3 aromatic rings. The Morgan fingerprint density at radius 1 is 1.00 bits per heavy atom. The number of carbonyl (C=O) groups excluding carboxylic acids is 1. The lowest BCUT2D eigenvalue weighted by Gasteiger charge is -2.14. The average Bonchev–Trinajstić information content (AvgIpc) is 2.76. The van der Waals surface area contributed by atoms with Gasteiger partial charge in [-0.15, -0.1) is 0 Å². The maximum Gasteiger partial charge on any atom is 0.340 e. The maximum atomic E-state index is 12.3. The van der Waals surface area contributed by atoms with E-state index in [1.54, 1.807) is 30.3 Å². The van der Waals surface area contributed by atoms with Crippen molar-refractivity contribution in [3.8, 4) is 11.5 Å². The van der Waals surface area contributed by atoms with Crippen LogP contribution in [0, 0.1) is 6.92 Å². The standard InChI is InChI=1S/C23H25N3O3S/c1-4-25-22-14-17(7-11-20(22)24)29-16-8-12-21(19(13-16)23(27)28-3)26-30-18-9-5-15(2)6-10-18/h5-14,25-26H,4,24H2,1-3H3. The molecule has 156 valence electrons. The Morgan fingerprint density at radius 3 is 2.40 bits per heavy atom. The Labute approximate surface area is 180 Å². The third kappa shape index (κ3) is 5.39. The number of carbonyl (C=O) groups is 1. The highest BCUT2D eigenvalue weighted by molar-refractivity contribution is 8.00. The zero-order chi connectivity index (χ0) is 21.5.